The van der Waals surface area contributed by atoms with Gasteiger partial charge >= 0.3 is 0 Å². The molecule has 1 N–H and O–H groups in total. The van der Waals surface area contributed by atoms with E-state index in [2.05, 4.69) is 19.2 Å². The summed E-state index contributed by atoms with van der Waals surface area (Å²) < 4.78 is 10.6. The van der Waals surface area contributed by atoms with Crippen LogP contribution in [-0.4, -0.2) is 39.0 Å². The van der Waals surface area contributed by atoms with Gasteiger partial charge in [-0.3, -0.25) is 0 Å². The predicted octanol–water partition coefficient (Wildman–Crippen LogP) is 1.43. The van der Waals surface area contributed by atoms with Gasteiger partial charge in [0.2, 0.25) is 0 Å². The molecule has 0 heterocycles. The monoisotopic (exact) mass is 189 g/mol. The number of likely N-dealkylation sites (N-methyl/N-ethyl adjacent to an activating group) is 1. The van der Waals surface area contributed by atoms with Gasteiger partial charge in [-0.15, -0.1) is 0 Å². The summed E-state index contributed by atoms with van der Waals surface area (Å²) in [6, 6.07) is 0.492. The second-order valence-electron chi connectivity index (χ2n) is 2.93. The first-order valence-electron chi connectivity index (χ1n) is 5.23. The van der Waals surface area contributed by atoms with Crippen LogP contribution in [0.4, 0.5) is 0 Å². The van der Waals surface area contributed by atoms with Gasteiger partial charge in [0.25, 0.3) is 0 Å². The lowest BCUT2D eigenvalue weighted by Crippen LogP contribution is -2.33. The van der Waals surface area contributed by atoms with Gasteiger partial charge in [0, 0.05) is 12.6 Å². The molecule has 0 aliphatic rings. The van der Waals surface area contributed by atoms with E-state index in [0.717, 1.165) is 26.2 Å². The highest BCUT2D eigenvalue weighted by molar-refractivity contribution is 4.61. The van der Waals surface area contributed by atoms with Crippen molar-refractivity contribution < 1.29 is 9.47 Å². The molecule has 0 saturated carbocycles. The Bertz CT molecular complexity index is 98.9. The largest absolute Gasteiger partial charge is 0.379 e. The van der Waals surface area contributed by atoms with Crippen molar-refractivity contribution >= 4 is 0 Å². The van der Waals surface area contributed by atoms with E-state index in [4.69, 9.17) is 9.47 Å². The molecule has 0 amide bonds. The molecule has 0 saturated heterocycles. The van der Waals surface area contributed by atoms with Crippen LogP contribution in [0.3, 0.4) is 0 Å². The fourth-order valence-electron chi connectivity index (χ4n) is 1.10. The van der Waals surface area contributed by atoms with E-state index < -0.39 is 0 Å². The van der Waals surface area contributed by atoms with Gasteiger partial charge < -0.3 is 14.8 Å². The summed E-state index contributed by atoms with van der Waals surface area (Å²) in [5, 5.41) is 3.36. The van der Waals surface area contributed by atoms with Crippen molar-refractivity contribution in [2.45, 2.75) is 33.2 Å². The van der Waals surface area contributed by atoms with Crippen LogP contribution in [0.5, 0.6) is 0 Å². The minimum absolute atomic E-state index is 0.492. The molecule has 1 unspecified atom stereocenters. The first kappa shape index (κ1) is 12.9. The van der Waals surface area contributed by atoms with Crippen molar-refractivity contribution in [2.75, 3.05) is 33.0 Å². The summed E-state index contributed by atoms with van der Waals surface area (Å²) >= 11 is 0. The topological polar surface area (TPSA) is 30.5 Å². The van der Waals surface area contributed by atoms with Crippen LogP contribution in [0.1, 0.15) is 27.2 Å². The molecule has 0 aliphatic heterocycles. The summed E-state index contributed by atoms with van der Waals surface area (Å²) in [5.41, 5.74) is 0. The van der Waals surface area contributed by atoms with Gasteiger partial charge in [-0.05, 0) is 19.9 Å². The van der Waals surface area contributed by atoms with Crippen LogP contribution in [0.15, 0.2) is 0 Å². The standard InChI is InChI=1S/C10H23NO2/c1-4-10(11-5-2)9-13-8-7-12-6-3/h10-11H,4-9H2,1-3H3. The SMILES string of the molecule is CCNC(CC)COCCOCC. The van der Waals surface area contributed by atoms with Crippen LogP contribution in [0.25, 0.3) is 0 Å². The first-order valence-corrected chi connectivity index (χ1v) is 5.23. The number of ether oxygens (including phenoxy) is 2. The Balaban J connectivity index is 3.17. The maximum atomic E-state index is 5.45. The fraction of sp³-hybridized carbons (Fsp3) is 1.00. The number of rotatable bonds is 9. The average Bonchev–Trinajstić information content (AvgIpc) is 2.16. The molecule has 0 radical (unpaired) electrons. The molecule has 0 aliphatic carbocycles. The zero-order chi connectivity index (χ0) is 9.94. The minimum Gasteiger partial charge on any atom is -0.379 e. The van der Waals surface area contributed by atoms with E-state index in [9.17, 15) is 0 Å². The molecule has 3 nitrogen and oxygen atoms in total. The fourth-order valence-corrected chi connectivity index (χ4v) is 1.10. The Morgan fingerprint density at radius 2 is 1.77 bits per heavy atom. The molecule has 13 heavy (non-hydrogen) atoms. The predicted molar refractivity (Wildman–Crippen MR) is 55.1 cm³/mol. The Morgan fingerprint density at radius 3 is 2.31 bits per heavy atom. The molecule has 0 spiro atoms. The zero-order valence-electron chi connectivity index (χ0n) is 9.14. The maximum absolute atomic E-state index is 5.45. The summed E-state index contributed by atoms with van der Waals surface area (Å²) in [7, 11) is 0. The van der Waals surface area contributed by atoms with Crippen molar-refractivity contribution in [1.29, 1.82) is 0 Å². The van der Waals surface area contributed by atoms with Crippen LogP contribution in [0.2, 0.25) is 0 Å². The van der Waals surface area contributed by atoms with Crippen molar-refractivity contribution in [1.82, 2.24) is 5.32 Å². The highest BCUT2D eigenvalue weighted by Crippen LogP contribution is 1.91. The second-order valence-corrected chi connectivity index (χ2v) is 2.93. The van der Waals surface area contributed by atoms with E-state index in [1.807, 2.05) is 6.92 Å². The number of nitrogens with one attached hydrogen (secondary N) is 1. The van der Waals surface area contributed by atoms with Crippen molar-refractivity contribution in [3.63, 3.8) is 0 Å². The van der Waals surface area contributed by atoms with Crippen LogP contribution < -0.4 is 5.32 Å². The Labute approximate surface area is 81.8 Å². The third-order valence-corrected chi connectivity index (χ3v) is 1.88. The maximum Gasteiger partial charge on any atom is 0.0701 e. The lowest BCUT2D eigenvalue weighted by molar-refractivity contribution is 0.0433. The molecule has 3 heteroatoms. The highest BCUT2D eigenvalue weighted by Gasteiger charge is 2.02. The molecule has 0 bridgehead atoms. The molecule has 0 rings (SSSR count). The van der Waals surface area contributed by atoms with Gasteiger partial charge in [-0.25, -0.2) is 0 Å². The minimum atomic E-state index is 0.492. The Morgan fingerprint density at radius 1 is 1.08 bits per heavy atom. The van der Waals surface area contributed by atoms with Crippen LogP contribution in [-0.2, 0) is 9.47 Å². The summed E-state index contributed by atoms with van der Waals surface area (Å²) in [5.74, 6) is 0. The Hall–Kier alpha value is -0.120. The molecular formula is C10H23NO2. The van der Waals surface area contributed by atoms with E-state index in [0.29, 0.717) is 19.3 Å². The summed E-state index contributed by atoms with van der Waals surface area (Å²) in [4.78, 5) is 0. The second kappa shape index (κ2) is 9.96. The number of hydrogen-bond donors (Lipinski definition) is 1. The van der Waals surface area contributed by atoms with Crippen molar-refractivity contribution in [3.05, 3.63) is 0 Å². The van der Waals surface area contributed by atoms with Crippen LogP contribution >= 0.6 is 0 Å². The van der Waals surface area contributed by atoms with E-state index in [1.165, 1.54) is 0 Å². The third kappa shape index (κ3) is 8.22. The third-order valence-electron chi connectivity index (χ3n) is 1.88. The first-order chi connectivity index (χ1) is 6.35. The Kier molecular flexibility index (Phi) is 9.87. The van der Waals surface area contributed by atoms with Gasteiger partial charge in [0.05, 0.1) is 19.8 Å². The smallest absolute Gasteiger partial charge is 0.0701 e. The molecule has 0 aromatic carbocycles. The van der Waals surface area contributed by atoms with Gasteiger partial charge in [-0.1, -0.05) is 13.8 Å². The molecule has 80 valence electrons. The lowest BCUT2D eigenvalue weighted by Gasteiger charge is -2.15. The quantitative estimate of drug-likeness (QED) is 0.557. The average molecular weight is 189 g/mol. The van der Waals surface area contributed by atoms with Gasteiger partial charge in [-0.2, -0.15) is 0 Å². The summed E-state index contributed by atoms with van der Waals surface area (Å²) in [6.45, 7) is 10.3. The normalized spacial score (nSPS) is 13.2. The highest BCUT2D eigenvalue weighted by atomic mass is 16.5. The summed E-state index contributed by atoms with van der Waals surface area (Å²) in [6.07, 6.45) is 1.11. The van der Waals surface area contributed by atoms with E-state index >= 15 is 0 Å². The van der Waals surface area contributed by atoms with Gasteiger partial charge in [0.15, 0.2) is 0 Å². The van der Waals surface area contributed by atoms with Crippen molar-refractivity contribution in [3.8, 4) is 0 Å². The molecular weight excluding hydrogens is 166 g/mol. The van der Waals surface area contributed by atoms with E-state index in [-0.39, 0.29) is 0 Å². The van der Waals surface area contributed by atoms with Crippen molar-refractivity contribution in [2.24, 2.45) is 0 Å². The molecule has 1 atom stereocenters. The van der Waals surface area contributed by atoms with Gasteiger partial charge in [0.1, 0.15) is 0 Å². The number of hydrogen-bond acceptors (Lipinski definition) is 3. The molecule has 0 aromatic heterocycles. The van der Waals surface area contributed by atoms with Crippen LogP contribution in [0, 0.1) is 0 Å². The lowest BCUT2D eigenvalue weighted by atomic mass is 10.2. The zero-order valence-corrected chi connectivity index (χ0v) is 9.14. The van der Waals surface area contributed by atoms with E-state index in [1.54, 1.807) is 0 Å². The molecule has 0 aromatic rings. The molecule has 0 fully saturated rings.